The molecule has 1 fully saturated rings. The molecule has 0 saturated heterocycles. The largest absolute Gasteiger partial charge is 0.467 e. The van der Waals surface area contributed by atoms with Crippen LogP contribution in [0.25, 0.3) is 0 Å². The lowest BCUT2D eigenvalue weighted by Crippen LogP contribution is -2.48. The predicted molar refractivity (Wildman–Crippen MR) is 72.6 cm³/mol. The Kier molecular flexibility index (Phi) is 3.90. The number of nitrogens with one attached hydrogen (secondary N) is 1. The van der Waals surface area contributed by atoms with Crippen LogP contribution < -0.4 is 5.32 Å². The molecular weight excluding hydrogens is 226 g/mol. The first-order chi connectivity index (χ1) is 8.66. The highest BCUT2D eigenvalue weighted by atomic mass is 16.5. The Morgan fingerprint density at radius 3 is 2.33 bits per heavy atom. The summed E-state index contributed by atoms with van der Waals surface area (Å²) in [6.07, 6.45) is 5.07. The minimum absolute atomic E-state index is 0.136. The highest BCUT2D eigenvalue weighted by Crippen LogP contribution is 2.32. The van der Waals surface area contributed by atoms with E-state index in [4.69, 9.17) is 4.74 Å². The van der Waals surface area contributed by atoms with Gasteiger partial charge in [0, 0.05) is 5.69 Å². The van der Waals surface area contributed by atoms with Gasteiger partial charge in [0.2, 0.25) is 0 Å². The maximum Gasteiger partial charge on any atom is 0.331 e. The lowest BCUT2D eigenvalue weighted by atomic mass is 9.81. The number of aryl methyl sites for hydroxylation is 1. The Bertz CT molecular complexity index is 405. The van der Waals surface area contributed by atoms with E-state index in [-0.39, 0.29) is 5.97 Å². The molecule has 1 saturated carbocycles. The Morgan fingerprint density at radius 2 is 1.78 bits per heavy atom. The van der Waals surface area contributed by atoms with Gasteiger partial charge in [-0.1, -0.05) is 37.0 Å². The van der Waals surface area contributed by atoms with Crippen LogP contribution in [0.3, 0.4) is 0 Å². The van der Waals surface area contributed by atoms with E-state index in [9.17, 15) is 4.79 Å². The third kappa shape index (κ3) is 2.66. The fourth-order valence-corrected chi connectivity index (χ4v) is 2.64. The number of carbonyl (C=O) groups excluding carboxylic acids is 1. The van der Waals surface area contributed by atoms with Crippen LogP contribution in [0.2, 0.25) is 0 Å². The monoisotopic (exact) mass is 247 g/mol. The molecule has 0 amide bonds. The minimum atomic E-state index is -0.526. The van der Waals surface area contributed by atoms with Gasteiger partial charge in [-0.15, -0.1) is 0 Å². The second-order valence-electron chi connectivity index (χ2n) is 5.13. The van der Waals surface area contributed by atoms with Gasteiger partial charge in [-0.25, -0.2) is 4.79 Å². The Morgan fingerprint density at radius 1 is 1.17 bits per heavy atom. The maximum absolute atomic E-state index is 12.1. The van der Waals surface area contributed by atoms with Gasteiger partial charge in [-0.05, 0) is 31.9 Å². The van der Waals surface area contributed by atoms with Crippen LogP contribution in [-0.2, 0) is 9.53 Å². The molecule has 18 heavy (non-hydrogen) atoms. The van der Waals surface area contributed by atoms with Gasteiger partial charge in [-0.3, -0.25) is 0 Å². The summed E-state index contributed by atoms with van der Waals surface area (Å²) >= 11 is 0. The van der Waals surface area contributed by atoms with Crippen molar-refractivity contribution in [3.63, 3.8) is 0 Å². The molecule has 0 bridgehead atoms. The number of esters is 1. The van der Waals surface area contributed by atoms with Gasteiger partial charge in [0.1, 0.15) is 5.54 Å². The first-order valence-corrected chi connectivity index (χ1v) is 6.59. The van der Waals surface area contributed by atoms with E-state index in [1.54, 1.807) is 0 Å². The molecule has 0 unspecified atom stereocenters. The summed E-state index contributed by atoms with van der Waals surface area (Å²) in [6.45, 7) is 2.06. The maximum atomic E-state index is 12.1. The van der Waals surface area contributed by atoms with Crippen molar-refractivity contribution in [2.75, 3.05) is 12.4 Å². The summed E-state index contributed by atoms with van der Waals surface area (Å²) in [5.74, 6) is -0.136. The highest BCUT2D eigenvalue weighted by molar-refractivity contribution is 5.84. The van der Waals surface area contributed by atoms with Crippen molar-refractivity contribution in [2.24, 2.45) is 0 Å². The van der Waals surface area contributed by atoms with Crippen LogP contribution in [0.15, 0.2) is 24.3 Å². The van der Waals surface area contributed by atoms with E-state index in [0.717, 1.165) is 31.4 Å². The quantitative estimate of drug-likeness (QED) is 0.833. The lowest BCUT2D eigenvalue weighted by Gasteiger charge is -2.36. The van der Waals surface area contributed by atoms with Crippen molar-refractivity contribution < 1.29 is 9.53 Å². The molecule has 3 heteroatoms. The number of methoxy groups -OCH3 is 1. The molecule has 0 aromatic heterocycles. The van der Waals surface area contributed by atoms with Crippen LogP contribution in [-0.4, -0.2) is 18.6 Å². The zero-order valence-electron chi connectivity index (χ0n) is 11.2. The molecule has 0 atom stereocenters. The number of anilines is 1. The zero-order chi connectivity index (χ0) is 13.0. The highest BCUT2D eigenvalue weighted by Gasteiger charge is 2.40. The van der Waals surface area contributed by atoms with Crippen LogP contribution in [0, 0.1) is 6.92 Å². The van der Waals surface area contributed by atoms with Crippen molar-refractivity contribution in [2.45, 2.75) is 44.6 Å². The van der Waals surface area contributed by atoms with E-state index >= 15 is 0 Å². The number of hydrogen-bond donors (Lipinski definition) is 1. The van der Waals surface area contributed by atoms with Gasteiger partial charge >= 0.3 is 5.97 Å². The van der Waals surface area contributed by atoms with Gasteiger partial charge in [0.15, 0.2) is 0 Å². The summed E-state index contributed by atoms with van der Waals surface area (Å²) in [7, 11) is 1.47. The van der Waals surface area contributed by atoms with Gasteiger partial charge < -0.3 is 10.1 Å². The van der Waals surface area contributed by atoms with Gasteiger partial charge in [0.05, 0.1) is 7.11 Å². The standard InChI is InChI=1S/C15H21NO2/c1-12-6-8-13(9-7-12)16-15(14(17)18-2)10-4-3-5-11-15/h6-9,16H,3-5,10-11H2,1-2H3. The molecule has 1 aliphatic carbocycles. The van der Waals surface area contributed by atoms with Crippen LogP contribution >= 0.6 is 0 Å². The summed E-state index contributed by atoms with van der Waals surface area (Å²) in [4.78, 5) is 12.1. The third-order valence-corrected chi connectivity index (χ3v) is 3.72. The van der Waals surface area contributed by atoms with Crippen LogP contribution in [0.1, 0.15) is 37.7 Å². The Hall–Kier alpha value is -1.51. The summed E-state index contributed by atoms with van der Waals surface area (Å²) in [5.41, 5.74) is 1.69. The molecule has 0 aliphatic heterocycles. The molecule has 0 heterocycles. The molecule has 1 aromatic rings. The number of carbonyl (C=O) groups is 1. The second kappa shape index (κ2) is 5.42. The van der Waals surface area contributed by atoms with Gasteiger partial charge in [0.25, 0.3) is 0 Å². The van der Waals surface area contributed by atoms with Crippen molar-refractivity contribution in [1.29, 1.82) is 0 Å². The minimum Gasteiger partial charge on any atom is -0.467 e. The topological polar surface area (TPSA) is 38.3 Å². The van der Waals surface area contributed by atoms with E-state index in [2.05, 4.69) is 24.4 Å². The summed E-state index contributed by atoms with van der Waals surface area (Å²) in [5, 5.41) is 3.40. The summed E-state index contributed by atoms with van der Waals surface area (Å²) < 4.78 is 4.99. The number of ether oxygens (including phenoxy) is 1. The molecule has 0 spiro atoms. The summed E-state index contributed by atoms with van der Waals surface area (Å²) in [6, 6.07) is 8.15. The molecular formula is C15H21NO2. The molecule has 1 aromatic carbocycles. The first-order valence-electron chi connectivity index (χ1n) is 6.59. The second-order valence-corrected chi connectivity index (χ2v) is 5.13. The molecule has 1 aliphatic rings. The average Bonchev–Trinajstić information content (AvgIpc) is 2.41. The van der Waals surface area contributed by atoms with Crippen molar-refractivity contribution >= 4 is 11.7 Å². The molecule has 3 nitrogen and oxygen atoms in total. The number of benzene rings is 1. The SMILES string of the molecule is COC(=O)C1(Nc2ccc(C)cc2)CCCCC1. The van der Waals surface area contributed by atoms with Crippen molar-refractivity contribution in [3.8, 4) is 0 Å². The average molecular weight is 247 g/mol. The van der Waals surface area contributed by atoms with Crippen molar-refractivity contribution in [3.05, 3.63) is 29.8 Å². The Labute approximate surface area is 109 Å². The fraction of sp³-hybridized carbons (Fsp3) is 0.533. The molecule has 2 rings (SSSR count). The number of hydrogen-bond acceptors (Lipinski definition) is 3. The molecule has 98 valence electrons. The molecule has 0 radical (unpaired) electrons. The fourth-order valence-electron chi connectivity index (χ4n) is 2.64. The van der Waals surface area contributed by atoms with E-state index < -0.39 is 5.54 Å². The van der Waals surface area contributed by atoms with E-state index in [1.165, 1.54) is 19.1 Å². The van der Waals surface area contributed by atoms with Crippen LogP contribution in [0.5, 0.6) is 0 Å². The predicted octanol–water partition coefficient (Wildman–Crippen LogP) is 3.28. The third-order valence-electron chi connectivity index (χ3n) is 3.72. The van der Waals surface area contributed by atoms with E-state index in [0.29, 0.717) is 0 Å². The van der Waals surface area contributed by atoms with E-state index in [1.807, 2.05) is 12.1 Å². The zero-order valence-corrected chi connectivity index (χ0v) is 11.2. The van der Waals surface area contributed by atoms with Crippen molar-refractivity contribution in [1.82, 2.24) is 0 Å². The Balaban J connectivity index is 2.19. The first kappa shape index (κ1) is 12.9. The smallest absolute Gasteiger partial charge is 0.331 e. The lowest BCUT2D eigenvalue weighted by molar-refractivity contribution is -0.147. The molecule has 1 N–H and O–H groups in total. The number of rotatable bonds is 3. The van der Waals surface area contributed by atoms with Crippen LogP contribution in [0.4, 0.5) is 5.69 Å². The van der Waals surface area contributed by atoms with Gasteiger partial charge in [-0.2, -0.15) is 0 Å². The normalized spacial score (nSPS) is 18.1.